The van der Waals surface area contributed by atoms with Crippen LogP contribution in [-0.4, -0.2) is 71.6 Å². The van der Waals surface area contributed by atoms with Crippen molar-refractivity contribution in [2.24, 2.45) is 0 Å². The highest BCUT2D eigenvalue weighted by Gasteiger charge is 2.37. The molecule has 5 rings (SSSR count). The zero-order valence-corrected chi connectivity index (χ0v) is 19.0. The Morgan fingerprint density at radius 2 is 1.79 bits per heavy atom. The van der Waals surface area contributed by atoms with E-state index in [1.165, 1.54) is 5.56 Å². The monoisotopic (exact) mass is 447 g/mol. The van der Waals surface area contributed by atoms with Gasteiger partial charge in [0, 0.05) is 63.7 Å². The summed E-state index contributed by atoms with van der Waals surface area (Å²) < 4.78 is 5.95. The molecule has 1 saturated heterocycles. The number of hydrogen-bond donors (Lipinski definition) is 0. The van der Waals surface area contributed by atoms with E-state index in [-0.39, 0.29) is 24.0 Å². The summed E-state index contributed by atoms with van der Waals surface area (Å²) in [5.41, 5.74) is 3.69. The van der Waals surface area contributed by atoms with Gasteiger partial charge in [-0.3, -0.25) is 19.3 Å². The molecule has 1 unspecified atom stereocenters. The lowest BCUT2D eigenvalue weighted by molar-refractivity contribution is -0.133. The van der Waals surface area contributed by atoms with Gasteiger partial charge in [-0.15, -0.1) is 0 Å². The lowest BCUT2D eigenvalue weighted by Gasteiger charge is -2.34. The number of nitrogens with zero attached hydrogens (tertiary/aromatic N) is 3. The molecule has 1 aliphatic carbocycles. The number of benzene rings is 2. The summed E-state index contributed by atoms with van der Waals surface area (Å²) >= 11 is 0. The second-order valence-corrected chi connectivity index (χ2v) is 9.10. The standard InChI is InChI=1S/C26H29N3O4/c1-18(30)28-10-8-27(9-11-28)16-19-6-7-25-20(14-19)17-29(12-13-33-25)26(32)23-15-24(31)22-5-3-2-4-21(22)23/h2-7,14,23H,8-13,15-17H2,1H3. The number of rotatable bonds is 3. The van der Waals surface area contributed by atoms with E-state index >= 15 is 0 Å². The van der Waals surface area contributed by atoms with Gasteiger partial charge in [-0.25, -0.2) is 0 Å². The van der Waals surface area contributed by atoms with E-state index in [0.29, 0.717) is 25.3 Å². The molecule has 0 radical (unpaired) electrons. The Morgan fingerprint density at radius 3 is 2.58 bits per heavy atom. The molecule has 0 saturated carbocycles. The zero-order valence-electron chi connectivity index (χ0n) is 19.0. The number of carbonyl (C=O) groups excluding carboxylic acids is 3. The Labute approximate surface area is 193 Å². The maximum atomic E-state index is 13.4. The summed E-state index contributed by atoms with van der Waals surface area (Å²) in [5.74, 6) is 0.584. The Morgan fingerprint density at radius 1 is 1.00 bits per heavy atom. The Balaban J connectivity index is 1.29. The van der Waals surface area contributed by atoms with Gasteiger partial charge in [-0.1, -0.05) is 30.3 Å². The van der Waals surface area contributed by atoms with Crippen LogP contribution in [0.25, 0.3) is 0 Å². The van der Waals surface area contributed by atoms with Gasteiger partial charge >= 0.3 is 0 Å². The van der Waals surface area contributed by atoms with Gasteiger partial charge < -0.3 is 14.5 Å². The quantitative estimate of drug-likeness (QED) is 0.723. The van der Waals surface area contributed by atoms with Crippen molar-refractivity contribution in [3.63, 3.8) is 0 Å². The Kier molecular flexibility index (Phi) is 5.89. The first-order valence-electron chi connectivity index (χ1n) is 11.6. The van der Waals surface area contributed by atoms with Gasteiger partial charge in [0.05, 0.1) is 12.5 Å². The predicted molar refractivity (Wildman–Crippen MR) is 123 cm³/mol. The van der Waals surface area contributed by atoms with Gasteiger partial charge in [0.25, 0.3) is 0 Å². The van der Waals surface area contributed by atoms with Crippen molar-refractivity contribution in [1.82, 2.24) is 14.7 Å². The molecular formula is C26H29N3O4. The van der Waals surface area contributed by atoms with Crippen LogP contribution in [0.4, 0.5) is 0 Å². The summed E-state index contributed by atoms with van der Waals surface area (Å²) in [7, 11) is 0. The number of hydrogen-bond acceptors (Lipinski definition) is 5. The van der Waals surface area contributed by atoms with Crippen LogP contribution in [-0.2, 0) is 22.7 Å². The van der Waals surface area contributed by atoms with Crippen molar-refractivity contribution < 1.29 is 19.1 Å². The molecule has 0 spiro atoms. The highest BCUT2D eigenvalue weighted by Crippen LogP contribution is 2.35. The van der Waals surface area contributed by atoms with Gasteiger partial charge in [-0.2, -0.15) is 0 Å². The lowest BCUT2D eigenvalue weighted by Crippen LogP contribution is -2.47. The average molecular weight is 448 g/mol. The molecule has 172 valence electrons. The summed E-state index contributed by atoms with van der Waals surface area (Å²) in [4.78, 5) is 43.5. The van der Waals surface area contributed by atoms with Crippen molar-refractivity contribution in [2.75, 3.05) is 39.3 Å². The first-order valence-corrected chi connectivity index (χ1v) is 11.6. The molecule has 1 fully saturated rings. The summed E-state index contributed by atoms with van der Waals surface area (Å²) in [5, 5.41) is 0. The normalized spacial score (nSPS) is 20.6. The largest absolute Gasteiger partial charge is 0.491 e. The smallest absolute Gasteiger partial charge is 0.231 e. The molecule has 0 N–H and O–H groups in total. The fraction of sp³-hybridized carbons (Fsp3) is 0.423. The molecule has 3 aliphatic rings. The number of amides is 2. The molecule has 2 amide bonds. The minimum absolute atomic E-state index is 0.00416. The van der Waals surface area contributed by atoms with Crippen LogP contribution in [0.15, 0.2) is 42.5 Å². The fourth-order valence-electron chi connectivity index (χ4n) is 5.11. The average Bonchev–Trinajstić information content (AvgIpc) is 3.01. The minimum atomic E-state index is -0.406. The minimum Gasteiger partial charge on any atom is -0.491 e. The zero-order chi connectivity index (χ0) is 22.9. The fourth-order valence-corrected chi connectivity index (χ4v) is 5.11. The van der Waals surface area contributed by atoms with Crippen LogP contribution >= 0.6 is 0 Å². The van der Waals surface area contributed by atoms with Gasteiger partial charge in [0.2, 0.25) is 11.8 Å². The summed E-state index contributed by atoms with van der Waals surface area (Å²) in [6, 6.07) is 13.7. The molecule has 2 aromatic carbocycles. The van der Waals surface area contributed by atoms with E-state index in [4.69, 9.17) is 4.74 Å². The van der Waals surface area contributed by atoms with Crippen molar-refractivity contribution in [1.29, 1.82) is 0 Å². The Bertz CT molecular complexity index is 1090. The van der Waals surface area contributed by atoms with E-state index < -0.39 is 5.92 Å². The molecule has 7 nitrogen and oxygen atoms in total. The molecular weight excluding hydrogens is 418 g/mol. The van der Waals surface area contributed by atoms with Crippen LogP contribution in [0, 0.1) is 0 Å². The number of piperazine rings is 1. The third-order valence-electron chi connectivity index (χ3n) is 6.96. The second-order valence-electron chi connectivity index (χ2n) is 9.10. The number of fused-ring (bicyclic) bond motifs is 2. The van der Waals surface area contributed by atoms with Gasteiger partial charge in [-0.05, 0) is 23.3 Å². The molecule has 7 heteroatoms. The second kappa shape index (κ2) is 8.98. The molecule has 0 bridgehead atoms. The third kappa shape index (κ3) is 4.37. The van der Waals surface area contributed by atoms with E-state index in [2.05, 4.69) is 17.0 Å². The highest BCUT2D eigenvalue weighted by molar-refractivity contribution is 6.06. The van der Waals surface area contributed by atoms with E-state index in [1.807, 2.05) is 40.1 Å². The first kappa shape index (κ1) is 21.6. The lowest BCUT2D eigenvalue weighted by atomic mass is 9.99. The predicted octanol–water partition coefficient (Wildman–Crippen LogP) is 2.44. The molecule has 0 aromatic heterocycles. The van der Waals surface area contributed by atoms with Gasteiger partial charge in [0.1, 0.15) is 12.4 Å². The van der Waals surface area contributed by atoms with Crippen LogP contribution in [0.1, 0.15) is 46.3 Å². The maximum Gasteiger partial charge on any atom is 0.231 e. The van der Waals surface area contributed by atoms with Crippen molar-refractivity contribution in [2.45, 2.75) is 32.4 Å². The van der Waals surface area contributed by atoms with Crippen molar-refractivity contribution >= 4 is 17.6 Å². The van der Waals surface area contributed by atoms with E-state index in [0.717, 1.165) is 49.6 Å². The molecule has 2 aromatic rings. The maximum absolute atomic E-state index is 13.4. The molecule has 2 heterocycles. The Hall–Kier alpha value is -3.19. The first-order chi connectivity index (χ1) is 16.0. The highest BCUT2D eigenvalue weighted by atomic mass is 16.5. The van der Waals surface area contributed by atoms with Crippen molar-refractivity contribution in [3.8, 4) is 5.75 Å². The topological polar surface area (TPSA) is 70.2 Å². The molecule has 2 aliphatic heterocycles. The van der Waals surface area contributed by atoms with Crippen LogP contribution in [0.3, 0.4) is 0 Å². The van der Waals surface area contributed by atoms with E-state index in [1.54, 1.807) is 6.92 Å². The third-order valence-corrected chi connectivity index (χ3v) is 6.96. The SMILES string of the molecule is CC(=O)N1CCN(Cc2ccc3c(c2)CN(C(=O)C2CC(=O)c4ccccc42)CCO3)CC1. The van der Waals surface area contributed by atoms with Crippen molar-refractivity contribution in [3.05, 3.63) is 64.7 Å². The van der Waals surface area contributed by atoms with Crippen LogP contribution in [0.2, 0.25) is 0 Å². The molecule has 33 heavy (non-hydrogen) atoms. The number of ether oxygens (including phenoxy) is 1. The van der Waals surface area contributed by atoms with Gasteiger partial charge in [0.15, 0.2) is 5.78 Å². The summed E-state index contributed by atoms with van der Waals surface area (Å²) in [6.45, 7) is 7.07. The summed E-state index contributed by atoms with van der Waals surface area (Å²) in [6.07, 6.45) is 0.245. The number of ketones is 1. The van der Waals surface area contributed by atoms with E-state index in [9.17, 15) is 14.4 Å². The van der Waals surface area contributed by atoms with Crippen LogP contribution in [0.5, 0.6) is 5.75 Å². The number of carbonyl (C=O) groups is 3. The number of Topliss-reactive ketones (excluding diaryl/α,β-unsaturated/α-hetero) is 1. The van der Waals surface area contributed by atoms with Crippen LogP contribution < -0.4 is 4.74 Å². The molecule has 1 atom stereocenters.